The van der Waals surface area contributed by atoms with Gasteiger partial charge in [0.15, 0.2) is 5.11 Å². The highest BCUT2D eigenvalue weighted by molar-refractivity contribution is 7.80. The van der Waals surface area contributed by atoms with Crippen LogP contribution in [0.5, 0.6) is 0 Å². The first-order chi connectivity index (χ1) is 7.75. The molecule has 0 aliphatic carbocycles. The molecule has 2 rings (SSSR count). The van der Waals surface area contributed by atoms with Crippen LogP contribution in [0.3, 0.4) is 0 Å². The summed E-state index contributed by atoms with van der Waals surface area (Å²) < 4.78 is 2.24. The summed E-state index contributed by atoms with van der Waals surface area (Å²) >= 11 is 5.38. The van der Waals surface area contributed by atoms with E-state index in [0.717, 1.165) is 37.0 Å². The molecule has 0 saturated carbocycles. The molecule has 1 saturated heterocycles. The molecule has 0 aromatic heterocycles. The Morgan fingerprint density at radius 1 is 1.12 bits per heavy atom. The highest BCUT2D eigenvalue weighted by Crippen LogP contribution is 2.10. The largest absolute Gasteiger partial charge is 0.346 e. The SMILES string of the molecule is PN1CCN(C(=S)Nc2ccccc2)CC1. The Bertz CT molecular complexity index is 350. The smallest absolute Gasteiger partial charge is 0.173 e. The van der Waals surface area contributed by atoms with Gasteiger partial charge in [-0.15, -0.1) is 0 Å². The summed E-state index contributed by atoms with van der Waals surface area (Å²) in [6.07, 6.45) is 0. The van der Waals surface area contributed by atoms with Crippen LogP contribution in [-0.2, 0) is 0 Å². The molecule has 1 fully saturated rings. The topological polar surface area (TPSA) is 18.5 Å². The molecular weight excluding hydrogens is 237 g/mol. The molecule has 86 valence electrons. The molecule has 1 aromatic rings. The third-order valence-electron chi connectivity index (χ3n) is 2.63. The van der Waals surface area contributed by atoms with Crippen molar-refractivity contribution in [2.45, 2.75) is 0 Å². The fourth-order valence-corrected chi connectivity index (χ4v) is 2.18. The van der Waals surface area contributed by atoms with Crippen molar-refractivity contribution in [3.63, 3.8) is 0 Å². The maximum absolute atomic E-state index is 5.38. The third kappa shape index (κ3) is 3.14. The van der Waals surface area contributed by atoms with Gasteiger partial charge in [0.1, 0.15) is 0 Å². The van der Waals surface area contributed by atoms with Crippen molar-refractivity contribution in [2.75, 3.05) is 31.5 Å². The van der Waals surface area contributed by atoms with Gasteiger partial charge in [-0.2, -0.15) is 0 Å². The minimum absolute atomic E-state index is 0.823. The van der Waals surface area contributed by atoms with E-state index in [0.29, 0.717) is 0 Å². The molecule has 3 nitrogen and oxygen atoms in total. The molecule has 1 aliphatic heterocycles. The van der Waals surface area contributed by atoms with Gasteiger partial charge in [-0.25, -0.2) is 0 Å². The number of nitrogens with zero attached hydrogens (tertiary/aromatic N) is 2. The van der Waals surface area contributed by atoms with E-state index in [1.807, 2.05) is 30.3 Å². The molecule has 16 heavy (non-hydrogen) atoms. The van der Waals surface area contributed by atoms with Gasteiger partial charge in [-0.1, -0.05) is 27.6 Å². The average molecular weight is 253 g/mol. The fourth-order valence-electron chi connectivity index (χ4n) is 1.65. The van der Waals surface area contributed by atoms with Crippen LogP contribution >= 0.6 is 21.6 Å². The average Bonchev–Trinajstić information content (AvgIpc) is 2.31. The zero-order valence-corrected chi connectivity index (χ0v) is 11.1. The summed E-state index contributed by atoms with van der Waals surface area (Å²) in [5.74, 6) is 0. The zero-order chi connectivity index (χ0) is 11.4. The molecule has 5 heteroatoms. The van der Waals surface area contributed by atoms with Gasteiger partial charge >= 0.3 is 0 Å². The summed E-state index contributed by atoms with van der Waals surface area (Å²) in [6.45, 7) is 4.06. The first-order valence-corrected chi connectivity index (χ1v) is 6.29. The van der Waals surface area contributed by atoms with E-state index in [1.54, 1.807) is 0 Å². The lowest BCUT2D eigenvalue weighted by Gasteiger charge is -2.34. The lowest BCUT2D eigenvalue weighted by Crippen LogP contribution is -2.46. The molecule has 0 radical (unpaired) electrons. The van der Waals surface area contributed by atoms with Crippen LogP contribution in [0.1, 0.15) is 0 Å². The van der Waals surface area contributed by atoms with Gasteiger partial charge in [0, 0.05) is 31.9 Å². The van der Waals surface area contributed by atoms with E-state index in [2.05, 4.69) is 24.3 Å². The summed E-state index contributed by atoms with van der Waals surface area (Å²) in [4.78, 5) is 2.21. The fraction of sp³-hybridized carbons (Fsp3) is 0.364. The predicted octanol–water partition coefficient (Wildman–Crippen LogP) is 1.79. The van der Waals surface area contributed by atoms with Crippen molar-refractivity contribution in [2.24, 2.45) is 0 Å². The van der Waals surface area contributed by atoms with Gasteiger partial charge in [0.2, 0.25) is 0 Å². The highest BCUT2D eigenvalue weighted by Gasteiger charge is 2.16. The van der Waals surface area contributed by atoms with Gasteiger partial charge < -0.3 is 10.2 Å². The Labute approximate surface area is 104 Å². The molecule has 0 bridgehead atoms. The van der Waals surface area contributed by atoms with Gasteiger partial charge in [-0.3, -0.25) is 4.67 Å². The van der Waals surface area contributed by atoms with Crippen molar-refractivity contribution in [1.29, 1.82) is 0 Å². The third-order valence-corrected chi connectivity index (χ3v) is 3.50. The van der Waals surface area contributed by atoms with E-state index in [4.69, 9.17) is 12.2 Å². The van der Waals surface area contributed by atoms with Crippen LogP contribution in [0.2, 0.25) is 0 Å². The Kier molecular flexibility index (Phi) is 4.10. The molecule has 1 aromatic carbocycles. The standard InChI is InChI=1S/C11H16N3PS/c15-14-8-6-13(7-9-14)11(16)12-10-4-2-1-3-5-10/h1-5H,6-9,15H2,(H,12,16). The van der Waals surface area contributed by atoms with Crippen LogP contribution in [0.15, 0.2) is 30.3 Å². The number of anilines is 1. The molecule has 1 aliphatic rings. The first-order valence-electron chi connectivity index (χ1n) is 5.36. The van der Waals surface area contributed by atoms with E-state index < -0.39 is 0 Å². The van der Waals surface area contributed by atoms with E-state index in [-0.39, 0.29) is 0 Å². The Morgan fingerprint density at radius 2 is 1.75 bits per heavy atom. The summed E-state index contributed by atoms with van der Waals surface area (Å²) in [5.41, 5.74) is 1.06. The lowest BCUT2D eigenvalue weighted by atomic mass is 10.3. The van der Waals surface area contributed by atoms with Crippen molar-refractivity contribution >= 4 is 32.4 Å². The maximum atomic E-state index is 5.38. The van der Waals surface area contributed by atoms with E-state index >= 15 is 0 Å². The Balaban J connectivity index is 1.89. The van der Waals surface area contributed by atoms with Crippen molar-refractivity contribution < 1.29 is 0 Å². The van der Waals surface area contributed by atoms with Crippen LogP contribution in [0.4, 0.5) is 5.69 Å². The van der Waals surface area contributed by atoms with Crippen molar-refractivity contribution in [1.82, 2.24) is 9.57 Å². The number of hydrogen-bond acceptors (Lipinski definition) is 2. The number of rotatable bonds is 1. The minimum atomic E-state index is 0.823. The molecule has 1 atom stereocenters. The predicted molar refractivity (Wildman–Crippen MR) is 75.5 cm³/mol. The zero-order valence-electron chi connectivity index (χ0n) is 9.10. The van der Waals surface area contributed by atoms with E-state index in [1.165, 1.54) is 0 Å². The molecule has 1 unspecified atom stereocenters. The Hall–Kier alpha value is -0.700. The van der Waals surface area contributed by atoms with Crippen molar-refractivity contribution in [3.8, 4) is 0 Å². The molecule has 1 heterocycles. The van der Waals surface area contributed by atoms with Gasteiger partial charge in [0.25, 0.3) is 0 Å². The number of benzene rings is 1. The van der Waals surface area contributed by atoms with Crippen LogP contribution < -0.4 is 5.32 Å². The monoisotopic (exact) mass is 253 g/mol. The minimum Gasteiger partial charge on any atom is -0.346 e. The van der Waals surface area contributed by atoms with Crippen LogP contribution in [0.25, 0.3) is 0 Å². The Morgan fingerprint density at radius 3 is 2.38 bits per heavy atom. The van der Waals surface area contributed by atoms with Crippen LogP contribution in [0, 0.1) is 0 Å². The lowest BCUT2D eigenvalue weighted by molar-refractivity contribution is 0.284. The second-order valence-corrected chi connectivity index (χ2v) is 4.94. The maximum Gasteiger partial charge on any atom is 0.173 e. The number of para-hydroxylation sites is 1. The van der Waals surface area contributed by atoms with E-state index in [9.17, 15) is 0 Å². The van der Waals surface area contributed by atoms with Gasteiger partial charge in [-0.05, 0) is 24.4 Å². The number of thiocarbonyl (C=S) groups is 1. The van der Waals surface area contributed by atoms with Crippen molar-refractivity contribution in [3.05, 3.63) is 30.3 Å². The summed E-state index contributed by atoms with van der Waals surface area (Å²) in [7, 11) is 2.74. The number of hydrogen-bond donors (Lipinski definition) is 1. The number of piperazine rings is 1. The normalized spacial score (nSPS) is 17.2. The molecule has 1 N–H and O–H groups in total. The second kappa shape index (κ2) is 5.58. The molecule has 0 amide bonds. The van der Waals surface area contributed by atoms with Gasteiger partial charge in [0.05, 0.1) is 0 Å². The summed E-state index contributed by atoms with van der Waals surface area (Å²) in [5, 5.41) is 4.08. The highest BCUT2D eigenvalue weighted by atomic mass is 32.1. The van der Waals surface area contributed by atoms with Crippen LogP contribution in [-0.4, -0.2) is 40.9 Å². The first kappa shape index (κ1) is 11.8. The molecular formula is C11H16N3PS. The molecule has 0 spiro atoms. The number of nitrogens with one attached hydrogen (secondary N) is 1. The summed E-state index contributed by atoms with van der Waals surface area (Å²) in [6, 6.07) is 10.1. The second-order valence-electron chi connectivity index (χ2n) is 3.82. The quantitative estimate of drug-likeness (QED) is 0.607.